The van der Waals surface area contributed by atoms with E-state index in [1.807, 2.05) is 53.7 Å². The standard InChI is InChI=1S/C48H73N5O14/c1-27-19-33(66-48(49)58)21-43(57)67-41(22-40(60-9)28(2)15-16-37(55)30(4)44(61-10)29(3)17-18-53(7)26-54)32(6)39(59-8)13-12-14-42-50-35(24-63-42)46-52-36(25-65-46)47-51-34(23-64-47)45(62-11)31(5)38(56)20-27/h12,14,17-18,23-25,27-33,38-41,44-45,54,56H,13,15-16,19-22,26H2,1-11H3,(H2,49,58)/b14-12+,18-17+. The van der Waals surface area contributed by atoms with Crippen molar-refractivity contribution in [3.05, 3.63) is 48.7 Å². The van der Waals surface area contributed by atoms with Crippen LogP contribution in [0.5, 0.6) is 0 Å². The molecule has 19 heteroatoms. The highest BCUT2D eigenvalue weighted by atomic mass is 16.6. The Morgan fingerprint density at radius 3 is 2.28 bits per heavy atom. The number of carbonyl (C=O) groups is 3. The molecule has 19 nitrogen and oxygen atoms in total. The fourth-order valence-electron chi connectivity index (χ4n) is 8.71. The second kappa shape index (κ2) is 26.6. The highest BCUT2D eigenvalue weighted by molar-refractivity contribution is 5.81. The fraction of sp³-hybridized carbons (Fsp3) is 0.667. The summed E-state index contributed by atoms with van der Waals surface area (Å²) in [5, 5.41) is 20.8. The second-order valence-electron chi connectivity index (χ2n) is 18.0. The molecule has 6 bridgehead atoms. The SMILES string of the molecule is COC(CC1OC(=O)CC(OC(N)=O)CC(C)CC(O)C(C)C(OC)c2coc(n2)-c2coc(n2)-c2coc(n2)/C=C/CC(OC)C1C)C(C)CCC(=O)C(C)C(OC)C(C)/C=C/N(C)CO. The summed E-state index contributed by atoms with van der Waals surface area (Å²) in [6, 6.07) is 0. The van der Waals surface area contributed by atoms with Crippen LogP contribution in [0, 0.1) is 35.5 Å². The first-order chi connectivity index (χ1) is 31.9. The molecule has 1 aliphatic rings. The Bertz CT molecular complexity index is 2030. The van der Waals surface area contributed by atoms with Gasteiger partial charge in [-0.25, -0.2) is 19.7 Å². The maximum absolute atomic E-state index is 14.0. The van der Waals surface area contributed by atoms with Crippen LogP contribution in [-0.4, -0.2) is 127 Å². The maximum Gasteiger partial charge on any atom is 0.404 e. The summed E-state index contributed by atoms with van der Waals surface area (Å²) in [6.45, 7) is 11.3. The highest BCUT2D eigenvalue weighted by Crippen LogP contribution is 2.34. The van der Waals surface area contributed by atoms with E-state index in [1.54, 1.807) is 45.6 Å². The molecule has 1 amide bonds. The molecule has 0 radical (unpaired) electrons. The summed E-state index contributed by atoms with van der Waals surface area (Å²) in [6.07, 6.45) is 7.39. The minimum absolute atomic E-state index is 0.0395. The van der Waals surface area contributed by atoms with E-state index in [4.69, 9.17) is 47.4 Å². The van der Waals surface area contributed by atoms with Gasteiger partial charge in [0.2, 0.25) is 17.7 Å². The summed E-state index contributed by atoms with van der Waals surface area (Å²) in [7, 11) is 8.01. The average Bonchev–Trinajstić information content (AvgIpc) is 4.09. The van der Waals surface area contributed by atoms with E-state index >= 15 is 0 Å². The molecule has 0 saturated heterocycles. The van der Waals surface area contributed by atoms with Crippen LogP contribution in [0.2, 0.25) is 0 Å². The molecule has 4 rings (SSSR count). The second-order valence-corrected chi connectivity index (χ2v) is 18.0. The number of carbonyl (C=O) groups excluding carboxylic acids is 3. The number of aromatic nitrogens is 3. The predicted molar refractivity (Wildman–Crippen MR) is 245 cm³/mol. The number of cyclic esters (lactones) is 1. The molecule has 67 heavy (non-hydrogen) atoms. The van der Waals surface area contributed by atoms with Gasteiger partial charge in [0.05, 0.1) is 30.8 Å². The van der Waals surface area contributed by atoms with E-state index in [-0.39, 0.29) is 86.1 Å². The molecule has 3 aromatic heterocycles. The lowest BCUT2D eigenvalue weighted by Gasteiger charge is -2.34. The fourth-order valence-corrected chi connectivity index (χ4v) is 8.71. The number of hydrogen-bond acceptors (Lipinski definition) is 18. The first-order valence-corrected chi connectivity index (χ1v) is 22.9. The van der Waals surface area contributed by atoms with Crippen LogP contribution < -0.4 is 5.73 Å². The maximum atomic E-state index is 14.0. The van der Waals surface area contributed by atoms with Crippen LogP contribution >= 0.6 is 0 Å². The third kappa shape index (κ3) is 15.8. The Hall–Kier alpha value is -4.92. The van der Waals surface area contributed by atoms with Crippen molar-refractivity contribution in [2.75, 3.05) is 42.2 Å². The quantitative estimate of drug-likeness (QED) is 0.0910. The lowest BCUT2D eigenvalue weighted by molar-refractivity contribution is -0.160. The van der Waals surface area contributed by atoms with E-state index in [0.717, 1.165) is 0 Å². The van der Waals surface area contributed by atoms with E-state index in [2.05, 4.69) is 15.0 Å². The van der Waals surface area contributed by atoms with Gasteiger partial charge in [-0.3, -0.25) is 9.59 Å². The Morgan fingerprint density at radius 2 is 1.63 bits per heavy atom. The van der Waals surface area contributed by atoms with Gasteiger partial charge in [0.25, 0.3) is 0 Å². The zero-order valence-electron chi connectivity index (χ0n) is 40.9. The van der Waals surface area contributed by atoms with Gasteiger partial charge < -0.3 is 62.5 Å². The normalized spacial score (nSPS) is 26.3. The van der Waals surface area contributed by atoms with Crippen LogP contribution in [0.1, 0.15) is 104 Å². The molecular formula is C48H73N5O14. The number of oxazole rings is 3. The number of aliphatic hydroxyl groups excluding tert-OH is 2. The van der Waals surface area contributed by atoms with Crippen LogP contribution in [0.3, 0.4) is 0 Å². The van der Waals surface area contributed by atoms with Gasteiger partial charge in [-0.2, -0.15) is 0 Å². The molecule has 1 aliphatic heterocycles. The summed E-state index contributed by atoms with van der Waals surface area (Å²) >= 11 is 0. The molecule has 0 aliphatic carbocycles. The van der Waals surface area contributed by atoms with Gasteiger partial charge in [-0.05, 0) is 49.8 Å². The van der Waals surface area contributed by atoms with E-state index in [9.17, 15) is 24.6 Å². The number of ether oxygens (including phenoxy) is 6. The van der Waals surface area contributed by atoms with Crippen molar-refractivity contribution in [1.82, 2.24) is 19.9 Å². The minimum Gasteiger partial charge on any atom is -0.462 e. The number of aliphatic hydroxyl groups is 2. The molecule has 4 N–H and O–H groups in total. The number of Topliss-reactive ketones (excluding diaryl/α,β-unsaturated/α-hetero) is 1. The minimum atomic E-state index is -1.05. The van der Waals surface area contributed by atoms with E-state index in [1.165, 1.54) is 25.9 Å². The number of hydrogen-bond donors (Lipinski definition) is 3. The van der Waals surface area contributed by atoms with E-state index in [0.29, 0.717) is 29.9 Å². The molecule has 0 aromatic carbocycles. The monoisotopic (exact) mass is 944 g/mol. The van der Waals surface area contributed by atoms with Crippen molar-refractivity contribution in [3.63, 3.8) is 0 Å². The summed E-state index contributed by atoms with van der Waals surface area (Å²) in [4.78, 5) is 54.9. The number of primary amides is 1. The van der Waals surface area contributed by atoms with Gasteiger partial charge in [0.15, 0.2) is 11.4 Å². The van der Waals surface area contributed by atoms with Crippen molar-refractivity contribution in [1.29, 1.82) is 0 Å². The van der Waals surface area contributed by atoms with Crippen LogP contribution in [0.15, 0.2) is 50.4 Å². The van der Waals surface area contributed by atoms with Crippen molar-refractivity contribution < 1.29 is 66.3 Å². The molecule has 0 fully saturated rings. The number of esters is 1. The number of amides is 1. The van der Waals surface area contributed by atoms with Gasteiger partial charge in [-0.1, -0.05) is 53.7 Å². The number of fused-ring (bicyclic) bond motifs is 8. The lowest BCUT2D eigenvalue weighted by atomic mass is 9.84. The number of nitrogens with zero attached hydrogens (tertiary/aromatic N) is 4. The molecule has 0 saturated carbocycles. The van der Waals surface area contributed by atoms with Crippen LogP contribution in [-0.2, 0) is 38.0 Å². The third-order valence-electron chi connectivity index (χ3n) is 12.9. The topological polar surface area (TPSA) is 254 Å². The smallest absolute Gasteiger partial charge is 0.404 e. The summed E-state index contributed by atoms with van der Waals surface area (Å²) in [5.41, 5.74) is 6.59. The number of nitrogens with two attached hydrogens (primary N) is 1. The predicted octanol–water partition coefficient (Wildman–Crippen LogP) is 6.99. The van der Waals surface area contributed by atoms with Gasteiger partial charge >= 0.3 is 12.1 Å². The van der Waals surface area contributed by atoms with Crippen molar-refractivity contribution >= 4 is 23.9 Å². The molecule has 13 unspecified atom stereocenters. The zero-order valence-corrected chi connectivity index (χ0v) is 40.9. The van der Waals surface area contributed by atoms with Gasteiger partial charge in [0, 0.05) is 72.0 Å². The van der Waals surface area contributed by atoms with Crippen molar-refractivity contribution in [2.45, 2.75) is 129 Å². The summed E-state index contributed by atoms with van der Waals surface area (Å²) in [5.74, 6) is -1.71. The van der Waals surface area contributed by atoms with E-state index < -0.39 is 66.4 Å². The zero-order chi connectivity index (χ0) is 49.4. The molecule has 374 valence electrons. The van der Waals surface area contributed by atoms with Crippen LogP contribution in [0.25, 0.3) is 29.2 Å². The molecular weight excluding hydrogens is 871 g/mol. The molecule has 4 heterocycles. The van der Waals surface area contributed by atoms with Crippen molar-refractivity contribution in [3.8, 4) is 23.2 Å². The van der Waals surface area contributed by atoms with Gasteiger partial charge in [-0.15, -0.1) is 0 Å². The van der Waals surface area contributed by atoms with Crippen molar-refractivity contribution in [2.24, 2.45) is 41.2 Å². The Kier molecular flexibility index (Phi) is 21.7. The van der Waals surface area contributed by atoms with Crippen LogP contribution in [0.4, 0.5) is 4.79 Å². The Morgan fingerprint density at radius 1 is 0.940 bits per heavy atom. The highest BCUT2D eigenvalue weighted by Gasteiger charge is 2.36. The molecule has 3 aromatic rings. The lowest BCUT2D eigenvalue weighted by Crippen LogP contribution is -2.39. The number of methoxy groups -OCH3 is 4. The first-order valence-electron chi connectivity index (χ1n) is 22.9. The molecule has 13 atom stereocenters. The third-order valence-corrected chi connectivity index (χ3v) is 12.9. The van der Waals surface area contributed by atoms with Gasteiger partial charge in [0.1, 0.15) is 55.3 Å². The average molecular weight is 944 g/mol. The largest absolute Gasteiger partial charge is 0.462 e. The number of rotatable bonds is 17. The Labute approximate surface area is 393 Å². The molecule has 0 spiro atoms. The number of ketones is 1. The Balaban J connectivity index is 1.60. The first kappa shape index (κ1) is 54.7. The summed E-state index contributed by atoms with van der Waals surface area (Å²) < 4.78 is 52.5.